The first kappa shape index (κ1) is 12.6. The fourth-order valence-electron chi connectivity index (χ4n) is 1.61. The summed E-state index contributed by atoms with van der Waals surface area (Å²) in [6.07, 6.45) is 2.93. The van der Waals surface area contributed by atoms with Crippen LogP contribution in [0.1, 0.15) is 11.4 Å². The Morgan fingerprint density at radius 3 is 2.83 bits per heavy atom. The number of nitrogens with one attached hydrogen (secondary N) is 2. The average Bonchev–Trinajstić information content (AvgIpc) is 2.84. The molecule has 2 heterocycles. The summed E-state index contributed by atoms with van der Waals surface area (Å²) in [5, 5.41) is 19.2. The largest absolute Gasteiger partial charge is 0.390 e. The molecule has 0 amide bonds. The van der Waals surface area contributed by atoms with E-state index in [4.69, 9.17) is 5.11 Å². The van der Waals surface area contributed by atoms with E-state index in [2.05, 4.69) is 20.0 Å². The summed E-state index contributed by atoms with van der Waals surface area (Å²) in [6, 6.07) is 0. The van der Waals surface area contributed by atoms with E-state index < -0.39 is 16.6 Å². The second-order valence-corrected chi connectivity index (χ2v) is 5.41. The van der Waals surface area contributed by atoms with Crippen LogP contribution in [0, 0.1) is 6.92 Å². The second kappa shape index (κ2) is 4.42. The zero-order valence-electron chi connectivity index (χ0n) is 9.88. The number of rotatable bonds is 4. The molecule has 0 radical (unpaired) electrons. The zero-order chi connectivity index (χ0) is 13.3. The van der Waals surface area contributed by atoms with Crippen LogP contribution in [-0.2, 0) is 23.7 Å². The Kier molecular flexibility index (Phi) is 3.09. The highest BCUT2D eigenvalue weighted by Crippen LogP contribution is 2.20. The highest BCUT2D eigenvalue weighted by molar-refractivity contribution is 7.92. The molecule has 0 spiro atoms. The number of anilines is 1. The first-order valence-electron chi connectivity index (χ1n) is 5.10. The highest BCUT2D eigenvalue weighted by atomic mass is 32.2. The van der Waals surface area contributed by atoms with E-state index in [0.29, 0.717) is 11.4 Å². The third-order valence-electron chi connectivity index (χ3n) is 2.34. The van der Waals surface area contributed by atoms with Crippen molar-refractivity contribution in [1.29, 1.82) is 0 Å². The third-order valence-corrected chi connectivity index (χ3v) is 3.92. The fourth-order valence-corrected chi connectivity index (χ4v) is 3.00. The van der Waals surface area contributed by atoms with Crippen molar-refractivity contribution in [2.75, 3.05) is 4.72 Å². The molecule has 0 aliphatic carbocycles. The van der Waals surface area contributed by atoms with E-state index in [9.17, 15) is 8.42 Å². The summed E-state index contributed by atoms with van der Waals surface area (Å²) >= 11 is 0. The molecule has 18 heavy (non-hydrogen) atoms. The summed E-state index contributed by atoms with van der Waals surface area (Å²) in [5.74, 6) is 0. The molecule has 0 atom stereocenters. The molecular formula is C9H13N5O3S. The Morgan fingerprint density at radius 1 is 1.56 bits per heavy atom. The number of hydrogen-bond acceptors (Lipinski definition) is 5. The lowest BCUT2D eigenvalue weighted by Gasteiger charge is -2.06. The topological polar surface area (TPSA) is 113 Å². The lowest BCUT2D eigenvalue weighted by Crippen LogP contribution is -2.15. The lowest BCUT2D eigenvalue weighted by atomic mass is 10.4. The molecule has 2 rings (SSSR count). The van der Waals surface area contributed by atoms with E-state index in [1.807, 2.05) is 0 Å². The second-order valence-electron chi connectivity index (χ2n) is 3.79. The van der Waals surface area contributed by atoms with Gasteiger partial charge in [-0.1, -0.05) is 0 Å². The summed E-state index contributed by atoms with van der Waals surface area (Å²) < 4.78 is 28.2. The molecular weight excluding hydrogens is 258 g/mol. The van der Waals surface area contributed by atoms with Gasteiger partial charge in [-0.3, -0.25) is 14.5 Å². The predicted octanol–water partition coefficient (Wildman–Crippen LogP) is -0.255. The van der Waals surface area contributed by atoms with E-state index in [1.165, 1.54) is 17.1 Å². The van der Waals surface area contributed by atoms with Gasteiger partial charge in [-0.25, -0.2) is 8.42 Å². The van der Waals surface area contributed by atoms with Crippen LogP contribution in [0.4, 0.5) is 5.69 Å². The number of aliphatic hydroxyl groups excluding tert-OH is 1. The number of aliphatic hydroxyl groups is 1. The van der Waals surface area contributed by atoms with Gasteiger partial charge >= 0.3 is 0 Å². The first-order valence-corrected chi connectivity index (χ1v) is 6.58. The minimum absolute atomic E-state index is 0.0335. The molecule has 8 nitrogen and oxygen atoms in total. The molecule has 9 heteroatoms. The maximum Gasteiger partial charge on any atom is 0.265 e. The number of nitrogens with zero attached hydrogens (tertiary/aromatic N) is 3. The normalized spacial score (nSPS) is 11.7. The van der Waals surface area contributed by atoms with Crippen LogP contribution in [0.3, 0.4) is 0 Å². The van der Waals surface area contributed by atoms with Crippen LogP contribution in [0.5, 0.6) is 0 Å². The number of aromatic amines is 1. The van der Waals surface area contributed by atoms with Gasteiger partial charge in [0.2, 0.25) is 0 Å². The van der Waals surface area contributed by atoms with Gasteiger partial charge in [0.05, 0.1) is 24.2 Å². The van der Waals surface area contributed by atoms with Crippen molar-refractivity contribution < 1.29 is 13.5 Å². The molecule has 3 N–H and O–H groups in total. The Morgan fingerprint density at radius 2 is 2.28 bits per heavy atom. The van der Waals surface area contributed by atoms with E-state index >= 15 is 0 Å². The lowest BCUT2D eigenvalue weighted by molar-refractivity contribution is 0.273. The van der Waals surface area contributed by atoms with Gasteiger partial charge < -0.3 is 5.11 Å². The van der Waals surface area contributed by atoms with Crippen LogP contribution in [-0.4, -0.2) is 33.5 Å². The van der Waals surface area contributed by atoms with Crippen molar-refractivity contribution in [1.82, 2.24) is 20.0 Å². The summed E-state index contributed by atoms with van der Waals surface area (Å²) in [7, 11) is -2.11. The van der Waals surface area contributed by atoms with E-state index in [0.717, 1.165) is 0 Å². The predicted molar refractivity (Wildman–Crippen MR) is 63.3 cm³/mol. The third kappa shape index (κ3) is 2.22. The highest BCUT2D eigenvalue weighted by Gasteiger charge is 2.24. The van der Waals surface area contributed by atoms with Crippen molar-refractivity contribution in [3.05, 3.63) is 23.8 Å². The molecule has 0 unspecified atom stereocenters. The molecule has 0 aromatic carbocycles. The van der Waals surface area contributed by atoms with E-state index in [-0.39, 0.29) is 10.6 Å². The SMILES string of the molecule is Cc1[nH]nc(CO)c1S(=O)(=O)Nc1cnn(C)c1. The Hall–Kier alpha value is -1.87. The maximum absolute atomic E-state index is 12.2. The minimum atomic E-state index is -3.79. The number of H-pyrrole nitrogens is 1. The molecule has 0 aliphatic heterocycles. The summed E-state index contributed by atoms with van der Waals surface area (Å²) in [6.45, 7) is 1.12. The number of aromatic nitrogens is 4. The van der Waals surface area contributed by atoms with Gasteiger partial charge in [0.1, 0.15) is 10.6 Å². The Labute approximate surface area is 104 Å². The van der Waals surface area contributed by atoms with Gasteiger partial charge in [0, 0.05) is 13.2 Å². The number of hydrogen-bond donors (Lipinski definition) is 3. The maximum atomic E-state index is 12.2. The Bertz CT molecular complexity index is 658. The average molecular weight is 271 g/mol. The molecule has 0 aliphatic rings. The van der Waals surface area contributed by atoms with Crippen molar-refractivity contribution in [2.24, 2.45) is 7.05 Å². The monoisotopic (exact) mass is 271 g/mol. The standard InChI is InChI=1S/C9H13N5O3S/c1-6-9(8(5-15)12-11-6)18(16,17)13-7-3-10-14(2)4-7/h3-4,13,15H,5H2,1-2H3,(H,11,12). The van der Waals surface area contributed by atoms with Crippen LogP contribution in [0.15, 0.2) is 17.3 Å². The quantitative estimate of drug-likeness (QED) is 0.709. The van der Waals surface area contributed by atoms with Crippen molar-refractivity contribution in [3.63, 3.8) is 0 Å². The minimum Gasteiger partial charge on any atom is -0.390 e. The van der Waals surface area contributed by atoms with Crippen molar-refractivity contribution in [2.45, 2.75) is 18.4 Å². The Balaban J connectivity index is 2.39. The van der Waals surface area contributed by atoms with Crippen LogP contribution in [0.2, 0.25) is 0 Å². The fraction of sp³-hybridized carbons (Fsp3) is 0.333. The molecule has 0 fully saturated rings. The van der Waals surface area contributed by atoms with Gasteiger partial charge in [0.25, 0.3) is 10.0 Å². The molecule has 0 saturated carbocycles. The molecule has 2 aromatic heterocycles. The number of sulfonamides is 1. The van der Waals surface area contributed by atoms with Gasteiger partial charge in [0.15, 0.2) is 0 Å². The summed E-state index contributed by atoms with van der Waals surface area (Å²) in [5.41, 5.74) is 0.807. The van der Waals surface area contributed by atoms with Crippen LogP contribution >= 0.6 is 0 Å². The molecule has 0 bridgehead atoms. The zero-order valence-corrected chi connectivity index (χ0v) is 10.7. The molecule has 98 valence electrons. The summed E-state index contributed by atoms with van der Waals surface area (Å²) in [4.78, 5) is -0.0335. The van der Waals surface area contributed by atoms with Crippen LogP contribution in [0.25, 0.3) is 0 Å². The van der Waals surface area contributed by atoms with Gasteiger partial charge in [-0.2, -0.15) is 10.2 Å². The molecule has 0 saturated heterocycles. The van der Waals surface area contributed by atoms with Gasteiger partial charge in [-0.05, 0) is 6.92 Å². The van der Waals surface area contributed by atoms with Crippen molar-refractivity contribution >= 4 is 15.7 Å². The number of aryl methyl sites for hydroxylation is 2. The molecule has 2 aromatic rings. The van der Waals surface area contributed by atoms with Crippen molar-refractivity contribution in [3.8, 4) is 0 Å². The first-order chi connectivity index (χ1) is 8.44. The smallest absolute Gasteiger partial charge is 0.265 e. The van der Waals surface area contributed by atoms with E-state index in [1.54, 1.807) is 14.0 Å². The van der Waals surface area contributed by atoms with Crippen LogP contribution < -0.4 is 4.72 Å². The van der Waals surface area contributed by atoms with Gasteiger partial charge in [-0.15, -0.1) is 0 Å².